The number of β-amino-alcohol motifs (C(OH)–C–C–N with tert-alkyl or cyclic N) is 1. The van der Waals surface area contributed by atoms with Crippen LogP contribution in [0.5, 0.6) is 11.5 Å². The third-order valence-electron chi connectivity index (χ3n) is 6.08. The van der Waals surface area contributed by atoms with Crippen LogP contribution in [-0.4, -0.2) is 89.3 Å². The monoisotopic (exact) mass is 528 g/mol. The molecule has 1 atom stereocenters. The van der Waals surface area contributed by atoms with Crippen LogP contribution in [-0.2, 0) is 22.6 Å². The summed E-state index contributed by atoms with van der Waals surface area (Å²) in [7, 11) is 1.49. The van der Waals surface area contributed by atoms with Crippen molar-refractivity contribution >= 4 is 17.5 Å². The van der Waals surface area contributed by atoms with Crippen molar-refractivity contribution in [3.05, 3.63) is 77.6 Å². The van der Waals surface area contributed by atoms with Crippen LogP contribution in [0.2, 0.25) is 5.02 Å². The first kappa shape index (κ1) is 26.9. The van der Waals surface area contributed by atoms with E-state index < -0.39 is 5.60 Å². The Morgan fingerprint density at radius 1 is 1.05 bits per heavy atom. The van der Waals surface area contributed by atoms with Crippen molar-refractivity contribution in [1.29, 1.82) is 0 Å². The number of carbonyl (C=O) groups excluding carboxylic acids is 1. The van der Waals surface area contributed by atoms with Crippen molar-refractivity contribution < 1.29 is 24.1 Å². The van der Waals surface area contributed by atoms with Gasteiger partial charge in [-0.1, -0.05) is 41.9 Å². The minimum Gasteiger partial charge on any atom is -0.492 e. The average Bonchev–Trinajstić information content (AvgIpc) is 3.23. The predicted octanol–water partition coefficient (Wildman–Crippen LogP) is 2.72. The minimum atomic E-state index is -1.24. The van der Waals surface area contributed by atoms with Gasteiger partial charge in [-0.15, -0.1) is 0 Å². The number of methoxy groups -OCH3 is 1. The third-order valence-corrected chi connectivity index (χ3v) is 6.28. The van der Waals surface area contributed by atoms with Gasteiger partial charge in [0.25, 0.3) is 0 Å². The van der Waals surface area contributed by atoms with Gasteiger partial charge < -0.3 is 24.2 Å². The average molecular weight is 529 g/mol. The molecule has 0 radical (unpaired) electrons. The lowest BCUT2D eigenvalue weighted by Crippen LogP contribution is -2.52. The van der Waals surface area contributed by atoms with Crippen molar-refractivity contribution in [2.45, 2.75) is 18.7 Å². The van der Waals surface area contributed by atoms with E-state index in [0.717, 1.165) is 11.3 Å². The molecule has 0 unspecified atom stereocenters. The Labute approximate surface area is 222 Å². The van der Waals surface area contributed by atoms with Gasteiger partial charge in [-0.25, -0.2) is 0 Å². The highest BCUT2D eigenvalue weighted by Gasteiger charge is 2.37. The molecule has 1 fully saturated rings. The lowest BCUT2D eigenvalue weighted by molar-refractivity contribution is -0.138. The van der Waals surface area contributed by atoms with E-state index in [1.54, 1.807) is 22.0 Å². The number of halogens is 1. The van der Waals surface area contributed by atoms with Gasteiger partial charge in [-0.05, 0) is 29.8 Å². The zero-order valence-corrected chi connectivity index (χ0v) is 21.7. The molecule has 0 aliphatic carbocycles. The molecule has 0 bridgehead atoms. The summed E-state index contributed by atoms with van der Waals surface area (Å²) >= 11 is 5.89. The number of amides is 1. The van der Waals surface area contributed by atoms with Gasteiger partial charge in [0.2, 0.25) is 5.91 Å². The van der Waals surface area contributed by atoms with Gasteiger partial charge in [0.15, 0.2) is 0 Å². The Balaban J connectivity index is 1.36. The van der Waals surface area contributed by atoms with Crippen LogP contribution in [0.25, 0.3) is 0 Å². The molecule has 1 aromatic heterocycles. The summed E-state index contributed by atoms with van der Waals surface area (Å²) in [6.07, 6.45) is 3.35. The fraction of sp³-hybridized carbons (Fsp3) is 0.407. The maximum absolute atomic E-state index is 12.6. The zero-order chi connectivity index (χ0) is 26.1. The van der Waals surface area contributed by atoms with Crippen molar-refractivity contribution in [3.8, 4) is 11.5 Å². The molecule has 0 saturated carbocycles. The Bertz CT molecular complexity index is 1130. The Kier molecular flexibility index (Phi) is 9.40. The van der Waals surface area contributed by atoms with E-state index in [0.29, 0.717) is 50.1 Å². The van der Waals surface area contributed by atoms with Gasteiger partial charge in [-0.3, -0.25) is 14.4 Å². The highest BCUT2D eigenvalue weighted by molar-refractivity contribution is 6.30. The molecule has 2 aromatic carbocycles. The first-order valence-electron chi connectivity index (χ1n) is 12.2. The molecule has 37 heavy (non-hydrogen) atoms. The maximum Gasteiger partial charge on any atom is 0.248 e. The molecule has 9 nitrogen and oxygen atoms in total. The van der Waals surface area contributed by atoms with E-state index in [9.17, 15) is 9.90 Å². The van der Waals surface area contributed by atoms with Crippen LogP contribution in [0.4, 0.5) is 0 Å². The van der Waals surface area contributed by atoms with E-state index in [2.05, 4.69) is 10.00 Å². The van der Waals surface area contributed by atoms with Crippen molar-refractivity contribution in [2.75, 3.05) is 53.1 Å². The van der Waals surface area contributed by atoms with Gasteiger partial charge in [0.1, 0.15) is 36.9 Å². The normalized spacial score (nSPS) is 18.4. The molecule has 0 spiro atoms. The molecule has 1 aliphatic heterocycles. The Morgan fingerprint density at radius 3 is 2.51 bits per heavy atom. The minimum absolute atomic E-state index is 0.0233. The quantitative estimate of drug-likeness (QED) is 0.409. The number of benzene rings is 2. The molecule has 1 saturated heterocycles. The highest BCUT2D eigenvalue weighted by Crippen LogP contribution is 2.21. The number of carbonyl (C=O) groups is 1. The fourth-order valence-electron chi connectivity index (χ4n) is 4.30. The van der Waals surface area contributed by atoms with E-state index in [1.165, 1.54) is 7.11 Å². The van der Waals surface area contributed by atoms with E-state index in [1.807, 2.05) is 54.6 Å². The first-order chi connectivity index (χ1) is 17.9. The maximum atomic E-state index is 12.6. The first-order valence-corrected chi connectivity index (χ1v) is 12.6. The van der Waals surface area contributed by atoms with Crippen LogP contribution >= 0.6 is 11.6 Å². The third kappa shape index (κ3) is 8.19. The molecule has 4 rings (SSSR count). The summed E-state index contributed by atoms with van der Waals surface area (Å²) in [5, 5.41) is 16.3. The number of ether oxygens (including phenoxy) is 3. The second-order valence-corrected chi connectivity index (χ2v) is 9.64. The lowest BCUT2D eigenvalue weighted by atomic mass is 10.0. The summed E-state index contributed by atoms with van der Waals surface area (Å²) in [6.45, 7) is 3.39. The number of hydrogen-bond donors (Lipinski definition) is 1. The second-order valence-electron chi connectivity index (χ2n) is 9.20. The number of aromatic nitrogens is 2. The van der Waals surface area contributed by atoms with E-state index in [-0.39, 0.29) is 25.7 Å². The lowest BCUT2D eigenvalue weighted by Gasteiger charge is -2.33. The molecule has 2 heterocycles. The second kappa shape index (κ2) is 12.9. The van der Waals surface area contributed by atoms with Gasteiger partial charge in [0.05, 0.1) is 24.3 Å². The van der Waals surface area contributed by atoms with Gasteiger partial charge in [0, 0.05) is 39.5 Å². The smallest absolute Gasteiger partial charge is 0.248 e. The Hall–Kier alpha value is -3.11. The van der Waals surface area contributed by atoms with Gasteiger partial charge in [-0.2, -0.15) is 5.10 Å². The van der Waals surface area contributed by atoms with Crippen LogP contribution < -0.4 is 9.47 Å². The molecular weight excluding hydrogens is 496 g/mol. The summed E-state index contributed by atoms with van der Waals surface area (Å²) in [5.74, 6) is 1.29. The SMILES string of the molecule is COCC(=O)N1CCN(Cc2ccc(OCCn3cc(Cl)cn3)cc2)C[C@](O)(COc2ccccc2)C1. The number of hydrogen-bond acceptors (Lipinski definition) is 7. The number of rotatable bonds is 11. The standard InChI is InChI=1S/C27H33ClN4O5/c1-35-18-26(33)31-12-11-30(19-27(34,20-31)21-37-24-5-3-2-4-6-24)16-22-7-9-25(10-8-22)36-14-13-32-17-23(28)15-29-32/h2-10,15,17,34H,11-14,16,18-21H2,1H3/t27-/m1/s1. The fourth-order valence-corrected chi connectivity index (χ4v) is 4.45. The van der Waals surface area contributed by atoms with Crippen molar-refractivity contribution in [1.82, 2.24) is 19.6 Å². The van der Waals surface area contributed by atoms with Crippen LogP contribution in [0.15, 0.2) is 67.0 Å². The van der Waals surface area contributed by atoms with Crippen LogP contribution in [0.1, 0.15) is 5.56 Å². The van der Waals surface area contributed by atoms with Crippen LogP contribution in [0, 0.1) is 0 Å². The Morgan fingerprint density at radius 2 is 1.81 bits per heavy atom. The van der Waals surface area contributed by atoms with Crippen molar-refractivity contribution in [2.24, 2.45) is 0 Å². The number of aliphatic hydroxyl groups is 1. The van der Waals surface area contributed by atoms with E-state index in [4.69, 9.17) is 25.8 Å². The summed E-state index contributed by atoms with van der Waals surface area (Å²) in [5.41, 5.74) is -0.164. The summed E-state index contributed by atoms with van der Waals surface area (Å²) in [4.78, 5) is 16.4. The largest absolute Gasteiger partial charge is 0.492 e. The van der Waals surface area contributed by atoms with E-state index >= 15 is 0 Å². The number of nitrogens with zero attached hydrogens (tertiary/aromatic N) is 4. The summed E-state index contributed by atoms with van der Waals surface area (Å²) in [6, 6.07) is 17.3. The molecule has 198 valence electrons. The molecule has 1 aliphatic rings. The van der Waals surface area contributed by atoms with Gasteiger partial charge >= 0.3 is 0 Å². The topological polar surface area (TPSA) is 89.3 Å². The molecular formula is C27H33ClN4O5. The van der Waals surface area contributed by atoms with Crippen molar-refractivity contribution in [3.63, 3.8) is 0 Å². The molecule has 1 amide bonds. The molecule has 10 heteroatoms. The molecule has 1 N–H and O–H groups in total. The predicted molar refractivity (Wildman–Crippen MR) is 140 cm³/mol. The zero-order valence-electron chi connectivity index (χ0n) is 21.0. The summed E-state index contributed by atoms with van der Waals surface area (Å²) < 4.78 is 18.5. The molecule has 3 aromatic rings. The van der Waals surface area contributed by atoms with Crippen LogP contribution in [0.3, 0.4) is 0 Å². The highest BCUT2D eigenvalue weighted by atomic mass is 35.5. The number of para-hydroxylation sites is 1.